The molecule has 0 radical (unpaired) electrons. The second kappa shape index (κ2) is 7.01. The molecule has 0 saturated carbocycles. The Morgan fingerprint density at radius 2 is 1.96 bits per heavy atom. The number of hydrogen-bond donors (Lipinski definition) is 0. The van der Waals surface area contributed by atoms with Gasteiger partial charge in [-0.2, -0.15) is 0 Å². The Balaban J connectivity index is 1.64. The molecule has 0 N–H and O–H groups in total. The zero-order valence-corrected chi connectivity index (χ0v) is 15.5. The van der Waals surface area contributed by atoms with Gasteiger partial charge in [-0.1, -0.05) is 12.1 Å². The van der Waals surface area contributed by atoms with Gasteiger partial charge in [-0.15, -0.1) is 11.3 Å². The first kappa shape index (κ1) is 17.5. The molecule has 27 heavy (non-hydrogen) atoms. The van der Waals surface area contributed by atoms with Crippen LogP contribution in [0.15, 0.2) is 71.6 Å². The van der Waals surface area contributed by atoms with E-state index >= 15 is 0 Å². The third-order valence-corrected chi connectivity index (χ3v) is 6.19. The van der Waals surface area contributed by atoms with E-state index in [4.69, 9.17) is 0 Å². The summed E-state index contributed by atoms with van der Waals surface area (Å²) in [4.78, 5) is 12.6. The summed E-state index contributed by atoms with van der Waals surface area (Å²) in [6.45, 7) is 0. The van der Waals surface area contributed by atoms with Gasteiger partial charge < -0.3 is 0 Å². The molecule has 3 aromatic heterocycles. The second-order valence-corrected chi connectivity index (χ2v) is 8.42. The number of benzene rings is 1. The Bertz CT molecular complexity index is 1190. The number of hydrogen-bond acceptors (Lipinski definition) is 6. The Kier molecular flexibility index (Phi) is 4.54. The quantitative estimate of drug-likeness (QED) is 0.512. The topological polar surface area (TPSA) is 77.7 Å². The molecular weight excluding hydrogens is 387 g/mol. The van der Waals surface area contributed by atoms with Crippen LogP contribution in [0, 0.1) is 5.82 Å². The largest absolute Gasteiger partial charge is 0.291 e. The fraction of sp³-hybridized carbons (Fsp3) is 0.0556. The maximum absolute atomic E-state index is 13.5. The molecule has 0 aliphatic rings. The van der Waals surface area contributed by atoms with Crippen LogP contribution in [0.5, 0.6) is 0 Å². The van der Waals surface area contributed by atoms with E-state index in [-0.39, 0.29) is 10.9 Å². The van der Waals surface area contributed by atoms with E-state index in [9.17, 15) is 12.8 Å². The monoisotopic (exact) mass is 400 g/mol. The number of halogens is 1. The lowest BCUT2D eigenvalue weighted by molar-refractivity contribution is 0.582. The molecule has 136 valence electrons. The van der Waals surface area contributed by atoms with E-state index in [1.54, 1.807) is 23.7 Å². The van der Waals surface area contributed by atoms with Crippen LogP contribution in [0.2, 0.25) is 0 Å². The van der Waals surface area contributed by atoms with E-state index < -0.39 is 15.7 Å². The van der Waals surface area contributed by atoms with Crippen LogP contribution in [0.1, 0.15) is 5.69 Å². The number of aromatic nitrogens is 4. The molecule has 3 heterocycles. The first-order chi connectivity index (χ1) is 13.0. The van der Waals surface area contributed by atoms with E-state index in [1.807, 2.05) is 12.1 Å². The zero-order valence-electron chi connectivity index (χ0n) is 13.9. The van der Waals surface area contributed by atoms with E-state index in [1.165, 1.54) is 46.5 Å². The van der Waals surface area contributed by atoms with Crippen LogP contribution in [0.25, 0.3) is 16.4 Å². The molecule has 9 heteroatoms. The third-order valence-electron chi connectivity index (χ3n) is 3.74. The van der Waals surface area contributed by atoms with Crippen LogP contribution in [0.3, 0.4) is 0 Å². The maximum atomic E-state index is 13.5. The molecule has 0 bridgehead atoms. The van der Waals surface area contributed by atoms with E-state index in [0.717, 1.165) is 0 Å². The Morgan fingerprint density at radius 3 is 2.74 bits per heavy atom. The van der Waals surface area contributed by atoms with Crippen LogP contribution in [0.4, 0.5) is 4.39 Å². The van der Waals surface area contributed by atoms with Gasteiger partial charge in [-0.3, -0.25) is 9.55 Å². The fourth-order valence-corrected chi connectivity index (χ4v) is 4.84. The Labute approximate surface area is 158 Å². The average Bonchev–Trinajstić information content (AvgIpc) is 3.32. The van der Waals surface area contributed by atoms with Crippen LogP contribution >= 0.6 is 11.3 Å². The molecule has 4 aromatic rings. The van der Waals surface area contributed by atoms with Gasteiger partial charge >= 0.3 is 0 Å². The summed E-state index contributed by atoms with van der Waals surface area (Å²) in [6, 6.07) is 11.1. The van der Waals surface area contributed by atoms with Crippen molar-refractivity contribution in [2.24, 2.45) is 0 Å². The van der Waals surface area contributed by atoms with E-state index in [2.05, 4.69) is 15.0 Å². The summed E-state index contributed by atoms with van der Waals surface area (Å²) in [5.41, 5.74) is 1.49. The highest BCUT2D eigenvalue weighted by atomic mass is 32.2. The smallest absolute Gasteiger partial charge is 0.232 e. The first-order valence-corrected chi connectivity index (χ1v) is 10.4. The molecule has 0 spiro atoms. The molecular formula is C18H13FN4O2S2. The molecule has 0 unspecified atom stereocenters. The number of rotatable bonds is 5. The second-order valence-electron chi connectivity index (χ2n) is 5.68. The zero-order chi connectivity index (χ0) is 18.9. The van der Waals surface area contributed by atoms with Crippen molar-refractivity contribution >= 4 is 21.2 Å². The predicted molar refractivity (Wildman–Crippen MR) is 99.8 cm³/mol. The normalized spacial score (nSPS) is 11.6. The molecule has 0 fully saturated rings. The summed E-state index contributed by atoms with van der Waals surface area (Å²) < 4.78 is 40.6. The maximum Gasteiger partial charge on any atom is 0.232 e. The van der Waals surface area contributed by atoms with Gasteiger partial charge in [0, 0.05) is 24.0 Å². The van der Waals surface area contributed by atoms with Gasteiger partial charge in [0.15, 0.2) is 0 Å². The van der Waals surface area contributed by atoms with Gasteiger partial charge in [0.2, 0.25) is 15.0 Å². The molecule has 4 rings (SSSR count). The number of nitrogens with zero attached hydrogens (tertiary/aromatic N) is 4. The van der Waals surface area contributed by atoms with Gasteiger partial charge in [-0.25, -0.2) is 22.8 Å². The van der Waals surface area contributed by atoms with Crippen molar-refractivity contribution in [3.8, 4) is 16.4 Å². The highest BCUT2D eigenvalue weighted by molar-refractivity contribution is 7.90. The third kappa shape index (κ3) is 3.64. The van der Waals surface area contributed by atoms with Gasteiger partial charge in [-0.05, 0) is 30.3 Å². The Hall–Kier alpha value is -2.91. The van der Waals surface area contributed by atoms with E-state index in [0.29, 0.717) is 22.1 Å². The van der Waals surface area contributed by atoms with Crippen molar-refractivity contribution in [3.63, 3.8) is 0 Å². The van der Waals surface area contributed by atoms with Crippen LogP contribution < -0.4 is 0 Å². The summed E-state index contributed by atoms with van der Waals surface area (Å²) in [7, 11) is -3.78. The summed E-state index contributed by atoms with van der Waals surface area (Å²) in [5, 5.41) is 2.19. The minimum Gasteiger partial charge on any atom is -0.291 e. The molecule has 0 aliphatic carbocycles. The van der Waals surface area contributed by atoms with Crippen molar-refractivity contribution in [3.05, 3.63) is 77.9 Å². The summed E-state index contributed by atoms with van der Waals surface area (Å²) in [5.74, 6) is -0.757. The molecule has 0 saturated heterocycles. The SMILES string of the molecule is O=S(=O)(Cc1csc(-c2ccccn2)n1)c1nccn1-c1cccc(F)c1. The number of imidazole rings is 1. The minimum absolute atomic E-state index is 0.152. The first-order valence-electron chi connectivity index (χ1n) is 7.91. The van der Waals surface area contributed by atoms with Crippen molar-refractivity contribution < 1.29 is 12.8 Å². The lowest BCUT2D eigenvalue weighted by Gasteiger charge is -2.08. The number of sulfone groups is 1. The number of pyridine rings is 1. The fourth-order valence-electron chi connectivity index (χ4n) is 2.58. The highest BCUT2D eigenvalue weighted by Crippen LogP contribution is 2.24. The van der Waals surface area contributed by atoms with Crippen LogP contribution in [-0.4, -0.2) is 27.9 Å². The highest BCUT2D eigenvalue weighted by Gasteiger charge is 2.24. The van der Waals surface area contributed by atoms with Crippen LogP contribution in [-0.2, 0) is 15.6 Å². The summed E-state index contributed by atoms with van der Waals surface area (Å²) in [6.07, 6.45) is 4.52. The predicted octanol–water partition coefficient (Wildman–Crippen LogP) is 3.50. The molecule has 0 amide bonds. The van der Waals surface area contributed by atoms with Crippen molar-refractivity contribution in [2.45, 2.75) is 10.9 Å². The molecule has 0 atom stereocenters. The molecule has 1 aromatic carbocycles. The van der Waals surface area contributed by atoms with Gasteiger partial charge in [0.1, 0.15) is 16.6 Å². The average molecular weight is 400 g/mol. The molecule has 6 nitrogen and oxygen atoms in total. The summed E-state index contributed by atoms with van der Waals surface area (Å²) >= 11 is 1.33. The van der Waals surface area contributed by atoms with Gasteiger partial charge in [0.25, 0.3) is 0 Å². The van der Waals surface area contributed by atoms with Crippen molar-refractivity contribution in [1.29, 1.82) is 0 Å². The lowest BCUT2D eigenvalue weighted by Crippen LogP contribution is -2.12. The number of thiazole rings is 1. The Morgan fingerprint density at radius 1 is 1.07 bits per heavy atom. The van der Waals surface area contributed by atoms with Crippen molar-refractivity contribution in [1.82, 2.24) is 19.5 Å². The standard InChI is InChI=1S/C18H13FN4O2S2/c19-13-4-3-5-15(10-13)23-9-8-21-18(23)27(24,25)12-14-11-26-17(22-14)16-6-1-2-7-20-16/h1-11H,12H2. The van der Waals surface area contributed by atoms with Gasteiger partial charge in [0.05, 0.1) is 17.1 Å². The minimum atomic E-state index is -3.78. The van der Waals surface area contributed by atoms with Crippen molar-refractivity contribution in [2.75, 3.05) is 0 Å². The lowest BCUT2D eigenvalue weighted by atomic mass is 10.3. The molecule has 0 aliphatic heterocycles.